The van der Waals surface area contributed by atoms with Crippen LogP contribution in [0.5, 0.6) is 0 Å². The largest absolute Gasteiger partial charge is 0.381 e. The minimum Gasteiger partial charge on any atom is -0.381 e. The lowest BCUT2D eigenvalue weighted by Crippen LogP contribution is -2.45. The number of hydrogen-bond acceptors (Lipinski definition) is 3. The Labute approximate surface area is 121 Å². The van der Waals surface area contributed by atoms with Gasteiger partial charge in [0.05, 0.1) is 12.3 Å². The van der Waals surface area contributed by atoms with E-state index in [1.165, 1.54) is 6.07 Å². The van der Waals surface area contributed by atoms with Crippen molar-refractivity contribution in [2.45, 2.75) is 25.8 Å². The van der Waals surface area contributed by atoms with Gasteiger partial charge in [0.2, 0.25) is 0 Å². The summed E-state index contributed by atoms with van der Waals surface area (Å²) < 4.78 is 19.3. The summed E-state index contributed by atoms with van der Waals surface area (Å²) >= 11 is 0. The number of hydrogen-bond donors (Lipinski definition) is 1. The Bertz CT molecular complexity index is 407. The summed E-state index contributed by atoms with van der Waals surface area (Å²) in [6.45, 7) is 5.61. The van der Waals surface area contributed by atoms with Crippen LogP contribution in [0.3, 0.4) is 0 Å². The molecule has 0 saturated carbocycles. The van der Waals surface area contributed by atoms with Gasteiger partial charge in [-0.2, -0.15) is 0 Å². The van der Waals surface area contributed by atoms with Gasteiger partial charge in [-0.05, 0) is 31.5 Å². The molecule has 20 heavy (non-hydrogen) atoms. The molecule has 1 aliphatic heterocycles. The van der Waals surface area contributed by atoms with E-state index in [0.29, 0.717) is 17.6 Å². The van der Waals surface area contributed by atoms with Crippen molar-refractivity contribution >= 4 is 5.69 Å². The van der Waals surface area contributed by atoms with Crippen molar-refractivity contribution in [1.29, 1.82) is 0 Å². The van der Waals surface area contributed by atoms with Crippen molar-refractivity contribution in [1.82, 2.24) is 5.32 Å². The summed E-state index contributed by atoms with van der Waals surface area (Å²) in [4.78, 5) is 2.00. The zero-order valence-electron chi connectivity index (χ0n) is 12.4. The Morgan fingerprint density at radius 1 is 1.45 bits per heavy atom. The van der Waals surface area contributed by atoms with Gasteiger partial charge in [-0.25, -0.2) is 4.39 Å². The number of halogens is 1. The standard InChI is InChI=1S/C16H25FN2O/c1-3-9-18-15(13-8-10-20-12-13)11-19(2)16-7-5-4-6-14(16)17/h4-7,13,15,18H,3,8-12H2,1-2H3. The van der Waals surface area contributed by atoms with E-state index >= 15 is 0 Å². The van der Waals surface area contributed by atoms with Gasteiger partial charge in [0.15, 0.2) is 0 Å². The van der Waals surface area contributed by atoms with E-state index in [0.717, 1.165) is 39.1 Å². The molecule has 0 amide bonds. The van der Waals surface area contributed by atoms with Crippen LogP contribution in [0.25, 0.3) is 0 Å². The average molecular weight is 280 g/mol. The third-order valence-electron chi connectivity index (χ3n) is 3.92. The van der Waals surface area contributed by atoms with Crippen molar-refractivity contribution in [3.63, 3.8) is 0 Å². The summed E-state index contributed by atoms with van der Waals surface area (Å²) in [6.07, 6.45) is 2.19. The summed E-state index contributed by atoms with van der Waals surface area (Å²) in [7, 11) is 1.95. The van der Waals surface area contributed by atoms with Crippen molar-refractivity contribution in [2.75, 3.05) is 38.3 Å². The fourth-order valence-corrected chi connectivity index (χ4v) is 2.73. The van der Waals surface area contributed by atoms with Crippen LogP contribution < -0.4 is 10.2 Å². The van der Waals surface area contributed by atoms with E-state index in [-0.39, 0.29) is 5.82 Å². The molecule has 112 valence electrons. The molecule has 1 N–H and O–H groups in total. The Balaban J connectivity index is 2.00. The molecule has 2 unspecified atom stereocenters. The van der Waals surface area contributed by atoms with E-state index in [2.05, 4.69) is 12.2 Å². The van der Waals surface area contributed by atoms with Gasteiger partial charge in [-0.15, -0.1) is 0 Å². The molecule has 0 radical (unpaired) electrons. The maximum Gasteiger partial charge on any atom is 0.146 e. The van der Waals surface area contributed by atoms with Crippen LogP contribution in [0.4, 0.5) is 10.1 Å². The Kier molecular flexibility index (Phi) is 5.80. The van der Waals surface area contributed by atoms with Gasteiger partial charge in [-0.1, -0.05) is 19.1 Å². The second-order valence-corrected chi connectivity index (χ2v) is 5.52. The molecule has 1 aromatic rings. The SMILES string of the molecule is CCCNC(CN(C)c1ccccc1F)C1CCOC1. The normalized spacial score (nSPS) is 20.1. The predicted octanol–water partition coefficient (Wildman–Crippen LogP) is 2.67. The predicted molar refractivity (Wildman–Crippen MR) is 80.7 cm³/mol. The first-order chi connectivity index (χ1) is 9.72. The van der Waals surface area contributed by atoms with E-state index < -0.39 is 0 Å². The second-order valence-electron chi connectivity index (χ2n) is 5.52. The quantitative estimate of drug-likeness (QED) is 0.831. The van der Waals surface area contributed by atoms with Gasteiger partial charge in [0.25, 0.3) is 0 Å². The molecule has 3 nitrogen and oxygen atoms in total. The molecule has 1 aliphatic rings. The molecule has 4 heteroatoms. The minimum absolute atomic E-state index is 0.160. The lowest BCUT2D eigenvalue weighted by atomic mass is 9.98. The monoisotopic (exact) mass is 280 g/mol. The highest BCUT2D eigenvalue weighted by molar-refractivity contribution is 5.46. The summed E-state index contributed by atoms with van der Waals surface area (Å²) in [6, 6.07) is 7.30. The van der Waals surface area contributed by atoms with Crippen molar-refractivity contribution in [2.24, 2.45) is 5.92 Å². The topological polar surface area (TPSA) is 24.5 Å². The van der Waals surface area contributed by atoms with Crippen LogP contribution in [-0.2, 0) is 4.74 Å². The Hall–Kier alpha value is -1.13. The highest BCUT2D eigenvalue weighted by atomic mass is 19.1. The zero-order chi connectivity index (χ0) is 14.4. The van der Waals surface area contributed by atoms with Crippen LogP contribution in [0.1, 0.15) is 19.8 Å². The molecule has 0 bridgehead atoms. The minimum atomic E-state index is -0.160. The maximum atomic E-state index is 13.8. The number of nitrogens with one attached hydrogen (secondary N) is 1. The Morgan fingerprint density at radius 2 is 2.25 bits per heavy atom. The number of ether oxygens (including phenoxy) is 1. The first-order valence-electron chi connectivity index (χ1n) is 7.49. The number of benzene rings is 1. The number of rotatable bonds is 7. The number of nitrogens with zero attached hydrogens (tertiary/aromatic N) is 1. The zero-order valence-corrected chi connectivity index (χ0v) is 12.4. The molecule has 0 spiro atoms. The molecule has 2 rings (SSSR count). The highest BCUT2D eigenvalue weighted by Crippen LogP contribution is 2.21. The van der Waals surface area contributed by atoms with Crippen LogP contribution in [-0.4, -0.2) is 39.4 Å². The van der Waals surface area contributed by atoms with Gasteiger partial charge in [0, 0.05) is 32.2 Å². The molecular weight excluding hydrogens is 255 g/mol. The van der Waals surface area contributed by atoms with Gasteiger partial charge in [0.1, 0.15) is 5.82 Å². The number of likely N-dealkylation sites (N-methyl/N-ethyl adjacent to an activating group) is 1. The van der Waals surface area contributed by atoms with Crippen molar-refractivity contribution < 1.29 is 9.13 Å². The molecule has 2 atom stereocenters. The van der Waals surface area contributed by atoms with Crippen molar-refractivity contribution in [3.05, 3.63) is 30.1 Å². The van der Waals surface area contributed by atoms with E-state index in [1.807, 2.05) is 24.1 Å². The summed E-state index contributed by atoms with van der Waals surface area (Å²) in [5.41, 5.74) is 0.662. The molecule has 0 aromatic heterocycles. The first-order valence-corrected chi connectivity index (χ1v) is 7.49. The maximum absolute atomic E-state index is 13.8. The van der Waals surface area contributed by atoms with Gasteiger partial charge in [-0.3, -0.25) is 0 Å². The molecule has 1 fully saturated rings. The Morgan fingerprint density at radius 3 is 2.90 bits per heavy atom. The van der Waals surface area contributed by atoms with E-state index in [1.54, 1.807) is 6.07 Å². The number of anilines is 1. The third kappa shape index (κ3) is 3.93. The van der Waals surface area contributed by atoms with Gasteiger partial charge < -0.3 is 15.0 Å². The fraction of sp³-hybridized carbons (Fsp3) is 0.625. The summed E-state index contributed by atoms with van der Waals surface area (Å²) in [5.74, 6) is 0.364. The molecule has 0 aliphatic carbocycles. The molecule has 1 aromatic carbocycles. The fourth-order valence-electron chi connectivity index (χ4n) is 2.73. The van der Waals surface area contributed by atoms with Crippen LogP contribution in [0, 0.1) is 11.7 Å². The van der Waals surface area contributed by atoms with E-state index in [9.17, 15) is 4.39 Å². The molecule has 1 saturated heterocycles. The highest BCUT2D eigenvalue weighted by Gasteiger charge is 2.26. The lowest BCUT2D eigenvalue weighted by Gasteiger charge is -2.30. The molecule has 1 heterocycles. The van der Waals surface area contributed by atoms with Crippen LogP contribution >= 0.6 is 0 Å². The lowest BCUT2D eigenvalue weighted by molar-refractivity contribution is 0.177. The smallest absolute Gasteiger partial charge is 0.146 e. The van der Waals surface area contributed by atoms with Crippen LogP contribution in [0.15, 0.2) is 24.3 Å². The van der Waals surface area contributed by atoms with E-state index in [4.69, 9.17) is 4.74 Å². The first kappa shape index (κ1) is 15.3. The third-order valence-corrected chi connectivity index (χ3v) is 3.92. The molecular formula is C16H25FN2O. The van der Waals surface area contributed by atoms with Crippen LogP contribution in [0.2, 0.25) is 0 Å². The van der Waals surface area contributed by atoms with Gasteiger partial charge >= 0.3 is 0 Å². The number of para-hydroxylation sites is 1. The average Bonchev–Trinajstić information content (AvgIpc) is 2.97. The summed E-state index contributed by atoms with van der Waals surface area (Å²) in [5, 5.41) is 3.59. The second kappa shape index (κ2) is 7.60. The van der Waals surface area contributed by atoms with Crippen molar-refractivity contribution in [3.8, 4) is 0 Å².